The molecular formula is C19H18N2O3. The van der Waals surface area contributed by atoms with Gasteiger partial charge in [-0.3, -0.25) is 19.3 Å². The van der Waals surface area contributed by atoms with E-state index in [4.69, 9.17) is 0 Å². The van der Waals surface area contributed by atoms with Crippen molar-refractivity contribution in [3.05, 3.63) is 70.8 Å². The summed E-state index contributed by atoms with van der Waals surface area (Å²) in [6, 6.07) is 14.1. The molecule has 0 fully saturated rings. The topological polar surface area (TPSA) is 66.5 Å². The highest BCUT2D eigenvalue weighted by molar-refractivity contribution is 6.22. The van der Waals surface area contributed by atoms with Crippen LogP contribution in [0.2, 0.25) is 0 Å². The quantitative estimate of drug-likeness (QED) is 0.880. The van der Waals surface area contributed by atoms with E-state index in [0.29, 0.717) is 23.2 Å². The number of benzene rings is 2. The summed E-state index contributed by atoms with van der Waals surface area (Å²) in [4.78, 5) is 37.9. The van der Waals surface area contributed by atoms with Crippen LogP contribution < -0.4 is 5.32 Å². The SMILES string of the molecule is CCN1C(=O)c2ccc(C(=O)N[C@H](C)c3ccccc3)cc2C1=O. The molecule has 122 valence electrons. The summed E-state index contributed by atoms with van der Waals surface area (Å²) in [7, 11) is 0. The fraction of sp³-hybridized carbons (Fsp3) is 0.211. The van der Waals surface area contributed by atoms with Crippen molar-refractivity contribution in [1.29, 1.82) is 0 Å². The predicted molar refractivity (Wildman–Crippen MR) is 89.8 cm³/mol. The second-order valence-corrected chi connectivity index (χ2v) is 5.72. The summed E-state index contributed by atoms with van der Waals surface area (Å²) in [6.07, 6.45) is 0. The standard InChI is InChI=1S/C19H18N2O3/c1-3-21-18(23)15-10-9-14(11-16(15)19(21)24)17(22)20-12(2)13-7-5-4-6-8-13/h4-12H,3H2,1-2H3,(H,20,22)/t12-/m1/s1. The molecule has 5 nitrogen and oxygen atoms in total. The van der Waals surface area contributed by atoms with E-state index in [-0.39, 0.29) is 23.8 Å². The Hall–Kier alpha value is -2.95. The second-order valence-electron chi connectivity index (χ2n) is 5.72. The average Bonchev–Trinajstić information content (AvgIpc) is 2.85. The molecule has 0 saturated heterocycles. The van der Waals surface area contributed by atoms with Crippen LogP contribution >= 0.6 is 0 Å². The van der Waals surface area contributed by atoms with Gasteiger partial charge in [-0.25, -0.2) is 0 Å². The van der Waals surface area contributed by atoms with Crippen molar-refractivity contribution >= 4 is 17.7 Å². The largest absolute Gasteiger partial charge is 0.346 e. The number of hydrogen-bond donors (Lipinski definition) is 1. The molecule has 1 heterocycles. The molecule has 2 aromatic carbocycles. The van der Waals surface area contributed by atoms with Crippen LogP contribution in [-0.4, -0.2) is 29.2 Å². The van der Waals surface area contributed by atoms with Gasteiger partial charge in [-0.05, 0) is 37.6 Å². The predicted octanol–water partition coefficient (Wildman–Crippen LogP) is 2.79. The number of carbonyl (C=O) groups is 3. The van der Waals surface area contributed by atoms with Crippen molar-refractivity contribution in [3.63, 3.8) is 0 Å². The van der Waals surface area contributed by atoms with Gasteiger partial charge in [0, 0.05) is 12.1 Å². The number of rotatable bonds is 4. The van der Waals surface area contributed by atoms with Crippen LogP contribution in [0.3, 0.4) is 0 Å². The van der Waals surface area contributed by atoms with Crippen LogP contribution in [0.15, 0.2) is 48.5 Å². The van der Waals surface area contributed by atoms with Crippen molar-refractivity contribution < 1.29 is 14.4 Å². The highest BCUT2D eigenvalue weighted by Crippen LogP contribution is 2.24. The maximum Gasteiger partial charge on any atom is 0.261 e. The van der Waals surface area contributed by atoms with Gasteiger partial charge in [0.15, 0.2) is 0 Å². The second kappa shape index (κ2) is 6.28. The molecule has 1 atom stereocenters. The Morgan fingerprint density at radius 3 is 2.38 bits per heavy atom. The van der Waals surface area contributed by atoms with Crippen LogP contribution in [0.4, 0.5) is 0 Å². The minimum atomic E-state index is -0.344. The monoisotopic (exact) mass is 322 g/mol. The third-order valence-electron chi connectivity index (χ3n) is 4.20. The lowest BCUT2D eigenvalue weighted by Crippen LogP contribution is -2.29. The molecule has 0 unspecified atom stereocenters. The van der Waals surface area contributed by atoms with Crippen LogP contribution in [0, 0.1) is 0 Å². The van der Waals surface area contributed by atoms with Crippen LogP contribution in [0.5, 0.6) is 0 Å². The summed E-state index contributed by atoms with van der Waals surface area (Å²) >= 11 is 0. The molecule has 2 aromatic rings. The van der Waals surface area contributed by atoms with E-state index in [9.17, 15) is 14.4 Å². The third kappa shape index (κ3) is 2.69. The molecule has 1 aliphatic heterocycles. The Labute approximate surface area is 140 Å². The molecule has 3 amide bonds. The number of hydrogen-bond acceptors (Lipinski definition) is 3. The van der Waals surface area contributed by atoms with E-state index < -0.39 is 0 Å². The molecule has 0 aromatic heterocycles. The molecule has 1 aliphatic rings. The highest BCUT2D eigenvalue weighted by atomic mass is 16.2. The maximum atomic E-state index is 12.4. The van der Waals surface area contributed by atoms with Crippen LogP contribution in [0.25, 0.3) is 0 Å². The number of imide groups is 1. The fourth-order valence-electron chi connectivity index (χ4n) is 2.82. The van der Waals surface area contributed by atoms with E-state index >= 15 is 0 Å². The fourth-order valence-corrected chi connectivity index (χ4v) is 2.82. The smallest absolute Gasteiger partial charge is 0.261 e. The summed E-state index contributed by atoms with van der Waals surface area (Å²) < 4.78 is 0. The van der Waals surface area contributed by atoms with E-state index in [1.165, 1.54) is 11.0 Å². The molecule has 0 radical (unpaired) electrons. The molecule has 0 saturated carbocycles. The molecule has 0 aliphatic carbocycles. The lowest BCUT2D eigenvalue weighted by atomic mass is 10.0. The van der Waals surface area contributed by atoms with Crippen LogP contribution in [0.1, 0.15) is 56.5 Å². The minimum absolute atomic E-state index is 0.156. The van der Waals surface area contributed by atoms with Crippen molar-refractivity contribution in [2.75, 3.05) is 6.54 Å². The van der Waals surface area contributed by atoms with E-state index in [0.717, 1.165) is 5.56 Å². The van der Waals surface area contributed by atoms with Crippen molar-refractivity contribution in [1.82, 2.24) is 10.2 Å². The average molecular weight is 322 g/mol. The van der Waals surface area contributed by atoms with Gasteiger partial charge in [-0.2, -0.15) is 0 Å². The molecule has 0 bridgehead atoms. The number of amides is 3. The van der Waals surface area contributed by atoms with E-state index in [2.05, 4.69) is 5.32 Å². The van der Waals surface area contributed by atoms with Gasteiger partial charge in [-0.15, -0.1) is 0 Å². The first-order valence-corrected chi connectivity index (χ1v) is 7.89. The Kier molecular flexibility index (Phi) is 4.16. The van der Waals surface area contributed by atoms with E-state index in [1.54, 1.807) is 19.1 Å². The Balaban J connectivity index is 1.82. The third-order valence-corrected chi connectivity index (χ3v) is 4.20. The van der Waals surface area contributed by atoms with Gasteiger partial charge in [0.25, 0.3) is 17.7 Å². The lowest BCUT2D eigenvalue weighted by molar-refractivity contribution is 0.0662. The van der Waals surface area contributed by atoms with Gasteiger partial charge in [0.05, 0.1) is 17.2 Å². The summed E-state index contributed by atoms with van der Waals surface area (Å²) in [5, 5.41) is 2.91. The normalized spacial score (nSPS) is 14.5. The Bertz CT molecular complexity index is 815. The summed E-state index contributed by atoms with van der Waals surface area (Å²) in [5.74, 6) is -0.922. The highest BCUT2D eigenvalue weighted by Gasteiger charge is 2.34. The maximum absolute atomic E-state index is 12.4. The van der Waals surface area contributed by atoms with Crippen LogP contribution in [-0.2, 0) is 0 Å². The van der Waals surface area contributed by atoms with Gasteiger partial charge in [-0.1, -0.05) is 30.3 Å². The van der Waals surface area contributed by atoms with Gasteiger partial charge in [0.2, 0.25) is 0 Å². The summed E-state index contributed by atoms with van der Waals surface area (Å²) in [5.41, 5.74) is 2.02. The van der Waals surface area contributed by atoms with E-state index in [1.807, 2.05) is 37.3 Å². The number of nitrogens with zero attached hydrogens (tertiary/aromatic N) is 1. The molecule has 24 heavy (non-hydrogen) atoms. The zero-order valence-electron chi connectivity index (χ0n) is 13.6. The molecular weight excluding hydrogens is 304 g/mol. The van der Waals surface area contributed by atoms with Crippen molar-refractivity contribution in [2.24, 2.45) is 0 Å². The van der Waals surface area contributed by atoms with Crippen molar-refractivity contribution in [3.8, 4) is 0 Å². The minimum Gasteiger partial charge on any atom is -0.346 e. The number of fused-ring (bicyclic) bond motifs is 1. The Morgan fingerprint density at radius 1 is 1.04 bits per heavy atom. The molecule has 1 N–H and O–H groups in total. The first-order valence-electron chi connectivity index (χ1n) is 7.89. The van der Waals surface area contributed by atoms with Crippen molar-refractivity contribution in [2.45, 2.75) is 19.9 Å². The first-order chi connectivity index (χ1) is 11.5. The van der Waals surface area contributed by atoms with Gasteiger partial charge in [0.1, 0.15) is 0 Å². The first kappa shape index (κ1) is 15.9. The zero-order chi connectivity index (χ0) is 17.3. The molecule has 0 spiro atoms. The van der Waals surface area contributed by atoms with Gasteiger partial charge < -0.3 is 5.32 Å². The molecule has 3 rings (SSSR count). The summed E-state index contributed by atoms with van der Waals surface area (Å²) in [6.45, 7) is 3.96. The molecule has 5 heteroatoms. The number of carbonyl (C=O) groups excluding carboxylic acids is 3. The zero-order valence-corrected chi connectivity index (χ0v) is 13.6. The Morgan fingerprint density at radius 2 is 1.71 bits per heavy atom. The lowest BCUT2D eigenvalue weighted by Gasteiger charge is -2.14. The van der Waals surface area contributed by atoms with Gasteiger partial charge >= 0.3 is 0 Å². The number of nitrogens with one attached hydrogen (secondary N) is 1.